The summed E-state index contributed by atoms with van der Waals surface area (Å²) in [6.07, 6.45) is -2.75. The number of nitrogens with one attached hydrogen (secondary N) is 1. The summed E-state index contributed by atoms with van der Waals surface area (Å²) >= 11 is 0. The van der Waals surface area contributed by atoms with Gasteiger partial charge < -0.3 is 10.1 Å². The molecule has 6 heteroatoms. The normalized spacial score (nSPS) is 31.2. The van der Waals surface area contributed by atoms with Gasteiger partial charge in [0.25, 0.3) is 0 Å². The molecule has 0 radical (unpaired) electrons. The Kier molecular flexibility index (Phi) is 2.86. The first kappa shape index (κ1) is 11.7. The van der Waals surface area contributed by atoms with Crippen molar-refractivity contribution in [2.45, 2.75) is 38.0 Å². The largest absolute Gasteiger partial charge is 0.462 e. The van der Waals surface area contributed by atoms with Crippen molar-refractivity contribution in [3.8, 4) is 0 Å². The molecule has 1 aliphatic heterocycles. The minimum atomic E-state index is -4.53. The number of hydrogen-bond donors (Lipinski definition) is 1. The van der Waals surface area contributed by atoms with Gasteiger partial charge in [0.1, 0.15) is 6.10 Å². The molecule has 16 heavy (non-hydrogen) atoms. The van der Waals surface area contributed by atoms with E-state index in [2.05, 4.69) is 5.32 Å². The van der Waals surface area contributed by atoms with E-state index in [-0.39, 0.29) is 25.6 Å². The number of hydrogen-bond acceptors (Lipinski definition) is 3. The zero-order valence-electron chi connectivity index (χ0n) is 8.77. The second kappa shape index (κ2) is 3.91. The van der Waals surface area contributed by atoms with E-state index in [0.29, 0.717) is 12.8 Å². The highest BCUT2D eigenvalue weighted by atomic mass is 19.4. The summed E-state index contributed by atoms with van der Waals surface area (Å²) in [6, 6.07) is 0. The van der Waals surface area contributed by atoms with Crippen LogP contribution in [0, 0.1) is 5.41 Å². The number of esters is 1. The minimum Gasteiger partial charge on any atom is -0.462 e. The number of halogens is 3. The van der Waals surface area contributed by atoms with Gasteiger partial charge in [-0.1, -0.05) is 0 Å². The highest BCUT2D eigenvalue weighted by Crippen LogP contribution is 2.44. The highest BCUT2D eigenvalue weighted by Gasteiger charge is 2.63. The average Bonchev–Trinajstić information content (AvgIpc) is 2.59. The summed E-state index contributed by atoms with van der Waals surface area (Å²) in [7, 11) is 0. The molecule has 0 aromatic heterocycles. The Labute approximate surface area is 91.3 Å². The monoisotopic (exact) mass is 237 g/mol. The van der Waals surface area contributed by atoms with E-state index in [1.54, 1.807) is 0 Å². The fraction of sp³-hybridized carbons (Fsp3) is 0.900. The molecular weight excluding hydrogens is 223 g/mol. The lowest BCUT2D eigenvalue weighted by Crippen LogP contribution is -2.49. The highest BCUT2D eigenvalue weighted by molar-refractivity contribution is 5.79. The maximum atomic E-state index is 12.9. The summed E-state index contributed by atoms with van der Waals surface area (Å²) in [5.41, 5.74) is -2.32. The van der Waals surface area contributed by atoms with E-state index in [9.17, 15) is 18.0 Å². The molecule has 2 fully saturated rings. The third-order valence-electron chi connectivity index (χ3n) is 3.41. The SMILES string of the molecule is O=C(OC1CCC1)C1(C(F)(F)F)CCNC1. The van der Waals surface area contributed by atoms with Gasteiger partial charge in [-0.3, -0.25) is 4.79 Å². The molecule has 2 aliphatic rings. The molecule has 0 spiro atoms. The van der Waals surface area contributed by atoms with Gasteiger partial charge in [0.2, 0.25) is 0 Å². The Hall–Kier alpha value is -0.780. The Morgan fingerprint density at radius 1 is 1.38 bits per heavy atom. The van der Waals surface area contributed by atoms with Gasteiger partial charge in [-0.25, -0.2) is 0 Å². The number of carbonyl (C=O) groups excluding carboxylic acids is 1. The predicted octanol–water partition coefficient (Wildman–Crippen LogP) is 1.62. The van der Waals surface area contributed by atoms with Crippen LogP contribution in [0.2, 0.25) is 0 Å². The van der Waals surface area contributed by atoms with Crippen LogP contribution in [-0.4, -0.2) is 31.3 Å². The molecule has 92 valence electrons. The zero-order chi connectivity index (χ0) is 11.8. The van der Waals surface area contributed by atoms with Crippen molar-refractivity contribution in [2.24, 2.45) is 5.41 Å². The smallest absolute Gasteiger partial charge is 0.406 e. The van der Waals surface area contributed by atoms with E-state index in [1.807, 2.05) is 0 Å². The molecule has 1 saturated carbocycles. The lowest BCUT2D eigenvalue weighted by Gasteiger charge is -2.33. The molecule has 0 bridgehead atoms. The standard InChI is InChI=1S/C10H14F3NO2/c11-10(12,13)9(4-5-14-6-9)8(15)16-7-2-1-3-7/h7,14H,1-6H2. The third-order valence-corrected chi connectivity index (χ3v) is 3.41. The molecule has 0 amide bonds. The minimum absolute atomic E-state index is 0.208. The first-order valence-electron chi connectivity index (χ1n) is 5.44. The summed E-state index contributed by atoms with van der Waals surface area (Å²) in [5.74, 6) is -1.10. The van der Waals surface area contributed by atoms with Gasteiger partial charge in [0.15, 0.2) is 5.41 Å². The van der Waals surface area contributed by atoms with Crippen LogP contribution in [0.4, 0.5) is 13.2 Å². The maximum Gasteiger partial charge on any atom is 0.406 e. The number of carbonyl (C=O) groups is 1. The summed E-state index contributed by atoms with van der Waals surface area (Å²) in [5, 5.41) is 2.59. The van der Waals surface area contributed by atoms with Crippen LogP contribution in [0.5, 0.6) is 0 Å². The molecule has 0 aromatic carbocycles. The second-order valence-electron chi connectivity index (χ2n) is 4.46. The second-order valence-corrected chi connectivity index (χ2v) is 4.46. The summed E-state index contributed by atoms with van der Waals surface area (Å²) in [4.78, 5) is 11.6. The first-order valence-corrected chi connectivity index (χ1v) is 5.44. The maximum absolute atomic E-state index is 12.9. The van der Waals surface area contributed by atoms with Crippen molar-refractivity contribution < 1.29 is 22.7 Å². The van der Waals surface area contributed by atoms with Crippen molar-refractivity contribution >= 4 is 5.97 Å². The predicted molar refractivity (Wildman–Crippen MR) is 49.7 cm³/mol. The molecule has 1 saturated heterocycles. The zero-order valence-corrected chi connectivity index (χ0v) is 8.77. The van der Waals surface area contributed by atoms with Crippen molar-refractivity contribution in [3.05, 3.63) is 0 Å². The van der Waals surface area contributed by atoms with E-state index in [0.717, 1.165) is 6.42 Å². The number of alkyl halides is 3. The van der Waals surface area contributed by atoms with Crippen LogP contribution < -0.4 is 5.32 Å². The average molecular weight is 237 g/mol. The molecule has 1 heterocycles. The Bertz CT molecular complexity index is 280. The molecule has 0 aromatic rings. The van der Waals surface area contributed by atoms with Crippen LogP contribution >= 0.6 is 0 Å². The fourth-order valence-corrected chi connectivity index (χ4v) is 1.98. The van der Waals surface area contributed by atoms with Crippen LogP contribution in [0.3, 0.4) is 0 Å². The topological polar surface area (TPSA) is 38.3 Å². The van der Waals surface area contributed by atoms with Gasteiger partial charge in [-0.2, -0.15) is 13.2 Å². The van der Waals surface area contributed by atoms with Crippen molar-refractivity contribution in [1.29, 1.82) is 0 Å². The lowest BCUT2D eigenvalue weighted by atomic mass is 9.86. The summed E-state index contributed by atoms with van der Waals surface area (Å²) in [6.45, 7) is -0.151. The number of ether oxygens (including phenoxy) is 1. The number of rotatable bonds is 2. The van der Waals surface area contributed by atoms with Crippen LogP contribution in [0.15, 0.2) is 0 Å². The van der Waals surface area contributed by atoms with Crippen molar-refractivity contribution in [2.75, 3.05) is 13.1 Å². The van der Waals surface area contributed by atoms with E-state index < -0.39 is 17.6 Å². The van der Waals surface area contributed by atoms with E-state index >= 15 is 0 Å². The molecule has 1 aliphatic carbocycles. The van der Waals surface area contributed by atoms with Gasteiger partial charge in [0.05, 0.1) is 0 Å². The Morgan fingerprint density at radius 2 is 2.06 bits per heavy atom. The molecule has 1 unspecified atom stereocenters. The molecule has 1 atom stereocenters. The van der Waals surface area contributed by atoms with Gasteiger partial charge in [-0.15, -0.1) is 0 Å². The first-order chi connectivity index (χ1) is 7.46. The van der Waals surface area contributed by atoms with Gasteiger partial charge in [-0.05, 0) is 32.2 Å². The van der Waals surface area contributed by atoms with Crippen molar-refractivity contribution in [3.63, 3.8) is 0 Å². The van der Waals surface area contributed by atoms with E-state index in [4.69, 9.17) is 4.74 Å². The molecule has 1 N–H and O–H groups in total. The Balaban J connectivity index is 2.09. The lowest BCUT2D eigenvalue weighted by molar-refractivity contribution is -0.233. The van der Waals surface area contributed by atoms with E-state index in [1.165, 1.54) is 0 Å². The molecule has 3 nitrogen and oxygen atoms in total. The van der Waals surface area contributed by atoms with Crippen LogP contribution in [0.25, 0.3) is 0 Å². The fourth-order valence-electron chi connectivity index (χ4n) is 1.98. The molecule has 2 rings (SSSR count). The summed E-state index contributed by atoms with van der Waals surface area (Å²) < 4.78 is 43.6. The van der Waals surface area contributed by atoms with Crippen LogP contribution in [-0.2, 0) is 9.53 Å². The van der Waals surface area contributed by atoms with Crippen molar-refractivity contribution in [1.82, 2.24) is 5.32 Å². The van der Waals surface area contributed by atoms with Crippen LogP contribution in [0.1, 0.15) is 25.7 Å². The third kappa shape index (κ3) is 1.79. The quantitative estimate of drug-likeness (QED) is 0.742. The Morgan fingerprint density at radius 3 is 2.44 bits per heavy atom. The molecular formula is C10H14F3NO2. The van der Waals surface area contributed by atoms with Gasteiger partial charge in [0, 0.05) is 6.54 Å². The van der Waals surface area contributed by atoms with Gasteiger partial charge >= 0.3 is 12.1 Å².